The van der Waals surface area contributed by atoms with Crippen LogP contribution in [0.25, 0.3) is 0 Å². The average molecular weight is 421 g/mol. The van der Waals surface area contributed by atoms with Gasteiger partial charge in [0.15, 0.2) is 0 Å². The molecule has 30 heavy (non-hydrogen) atoms. The van der Waals surface area contributed by atoms with Crippen molar-refractivity contribution in [2.45, 2.75) is 5.92 Å². The van der Waals surface area contributed by atoms with Crippen molar-refractivity contribution in [3.8, 4) is 17.6 Å². The largest absolute Gasteiger partial charge is 0.440 e. The van der Waals surface area contributed by atoms with Gasteiger partial charge in [0, 0.05) is 22.2 Å². The lowest BCUT2D eigenvalue weighted by atomic mass is 9.83. The average Bonchev–Trinajstić information content (AvgIpc) is 2.73. The van der Waals surface area contributed by atoms with E-state index in [0.717, 1.165) is 0 Å². The molecule has 4 rings (SSSR count). The van der Waals surface area contributed by atoms with Crippen LogP contribution in [0.1, 0.15) is 27.4 Å². The summed E-state index contributed by atoms with van der Waals surface area (Å²) in [4.78, 5) is 12.4. The van der Waals surface area contributed by atoms with Crippen LogP contribution in [0.4, 0.5) is 4.39 Å². The minimum Gasteiger partial charge on any atom is -0.440 e. The van der Waals surface area contributed by atoms with Crippen molar-refractivity contribution in [3.05, 3.63) is 106 Å². The van der Waals surface area contributed by atoms with E-state index in [9.17, 15) is 14.4 Å². The van der Waals surface area contributed by atoms with Crippen molar-refractivity contribution < 1.29 is 18.7 Å². The number of halogens is 2. The Morgan fingerprint density at radius 2 is 1.90 bits per heavy atom. The number of rotatable bonds is 3. The molecule has 0 bridgehead atoms. The number of hydrogen-bond donors (Lipinski definition) is 1. The minimum absolute atomic E-state index is 0.108. The van der Waals surface area contributed by atoms with Gasteiger partial charge in [0.25, 0.3) is 0 Å². The van der Waals surface area contributed by atoms with Gasteiger partial charge in [-0.2, -0.15) is 5.26 Å². The van der Waals surface area contributed by atoms with Gasteiger partial charge in [0.05, 0.1) is 11.5 Å². The molecule has 0 spiro atoms. The van der Waals surface area contributed by atoms with Crippen molar-refractivity contribution in [2.75, 3.05) is 0 Å². The van der Waals surface area contributed by atoms with Crippen molar-refractivity contribution in [3.63, 3.8) is 0 Å². The Labute approximate surface area is 176 Å². The van der Waals surface area contributed by atoms with Gasteiger partial charge >= 0.3 is 5.97 Å². The first-order valence-corrected chi connectivity index (χ1v) is 9.29. The molecule has 0 radical (unpaired) electrons. The van der Waals surface area contributed by atoms with Crippen LogP contribution in [-0.2, 0) is 0 Å². The van der Waals surface area contributed by atoms with Gasteiger partial charge in [-0.1, -0.05) is 41.9 Å². The second kappa shape index (κ2) is 7.90. The van der Waals surface area contributed by atoms with Crippen LogP contribution in [-0.4, -0.2) is 5.97 Å². The van der Waals surface area contributed by atoms with Gasteiger partial charge in [-0.05, 0) is 30.3 Å². The first-order valence-electron chi connectivity index (χ1n) is 8.91. The number of carbonyl (C=O) groups is 1. The van der Waals surface area contributed by atoms with Crippen molar-refractivity contribution in [1.82, 2.24) is 0 Å². The highest BCUT2D eigenvalue weighted by Gasteiger charge is 2.32. The van der Waals surface area contributed by atoms with E-state index < -0.39 is 17.7 Å². The Bertz CT molecular complexity index is 1230. The lowest BCUT2D eigenvalue weighted by molar-refractivity contribution is 0.0734. The third-order valence-corrected chi connectivity index (χ3v) is 4.91. The molecule has 1 aliphatic heterocycles. The molecule has 3 aromatic carbocycles. The molecule has 1 unspecified atom stereocenters. The first kappa shape index (κ1) is 19.5. The van der Waals surface area contributed by atoms with Gasteiger partial charge in [-0.3, -0.25) is 0 Å². The maximum absolute atomic E-state index is 14.5. The number of hydrogen-bond acceptors (Lipinski definition) is 5. The third-order valence-electron chi connectivity index (χ3n) is 4.68. The number of nitriles is 1. The molecule has 1 heterocycles. The molecule has 0 saturated heterocycles. The van der Waals surface area contributed by atoms with E-state index in [-0.39, 0.29) is 28.5 Å². The molecule has 0 amide bonds. The minimum atomic E-state index is -0.738. The number of fused-ring (bicyclic) bond motifs is 1. The van der Waals surface area contributed by atoms with Crippen LogP contribution in [0.3, 0.4) is 0 Å². The maximum Gasteiger partial charge on any atom is 0.343 e. The molecule has 0 aromatic heterocycles. The Balaban J connectivity index is 1.71. The molecule has 2 N–H and O–H groups in total. The number of allylic oxidation sites excluding steroid dienone is 1. The number of esters is 1. The molecular formula is C23H14ClFN2O3. The SMILES string of the molecule is N#CC1=C(N)Oc2cc(OC(=O)c3cccc(Cl)c3)ccc2C1c1ccccc1F. The zero-order chi connectivity index (χ0) is 21.3. The van der Waals surface area contributed by atoms with Crippen molar-refractivity contribution in [2.24, 2.45) is 5.73 Å². The monoisotopic (exact) mass is 420 g/mol. The lowest BCUT2D eigenvalue weighted by Gasteiger charge is -2.27. The number of benzene rings is 3. The van der Waals surface area contributed by atoms with Gasteiger partial charge in [0.1, 0.15) is 29.0 Å². The standard InChI is InChI=1S/C23H14ClFN2O3/c24-14-5-3-4-13(10-14)23(28)29-15-8-9-17-20(11-15)30-22(27)18(12-26)21(17)16-6-1-2-7-19(16)25/h1-11,21H,27H2. The number of nitrogens with zero attached hydrogens (tertiary/aromatic N) is 1. The van der Waals surface area contributed by atoms with E-state index in [1.54, 1.807) is 48.5 Å². The lowest BCUT2D eigenvalue weighted by Crippen LogP contribution is -2.21. The normalized spacial score (nSPS) is 15.0. The van der Waals surface area contributed by atoms with Gasteiger partial charge < -0.3 is 15.2 Å². The summed E-state index contributed by atoms with van der Waals surface area (Å²) in [6, 6.07) is 19.2. The van der Waals surface area contributed by atoms with E-state index >= 15 is 0 Å². The summed E-state index contributed by atoms with van der Waals surface area (Å²) >= 11 is 5.91. The number of ether oxygens (including phenoxy) is 2. The molecule has 5 nitrogen and oxygen atoms in total. The summed E-state index contributed by atoms with van der Waals surface area (Å²) in [6.07, 6.45) is 0. The van der Waals surface area contributed by atoms with E-state index in [4.69, 9.17) is 26.8 Å². The highest BCUT2D eigenvalue weighted by Crippen LogP contribution is 2.44. The van der Waals surface area contributed by atoms with Crippen molar-refractivity contribution >= 4 is 17.6 Å². The molecule has 7 heteroatoms. The zero-order valence-corrected chi connectivity index (χ0v) is 16.2. The third kappa shape index (κ3) is 3.59. The number of nitrogens with two attached hydrogens (primary N) is 1. The predicted molar refractivity (Wildman–Crippen MR) is 109 cm³/mol. The van der Waals surface area contributed by atoms with E-state index in [1.165, 1.54) is 18.2 Å². The Morgan fingerprint density at radius 3 is 2.63 bits per heavy atom. The zero-order valence-electron chi connectivity index (χ0n) is 15.4. The van der Waals surface area contributed by atoms with Gasteiger partial charge in [-0.25, -0.2) is 9.18 Å². The molecule has 0 saturated carbocycles. The van der Waals surface area contributed by atoms with E-state index in [2.05, 4.69) is 0 Å². The summed E-state index contributed by atoms with van der Waals surface area (Å²) in [6.45, 7) is 0. The molecule has 0 aliphatic carbocycles. The van der Waals surface area contributed by atoms with Crippen LogP contribution < -0.4 is 15.2 Å². The second-order valence-corrected chi connectivity index (χ2v) is 6.98. The Hall–Kier alpha value is -3.82. The van der Waals surface area contributed by atoms with E-state index in [1.807, 2.05) is 6.07 Å². The molecule has 3 aromatic rings. The fourth-order valence-corrected chi connectivity index (χ4v) is 3.50. The Kier molecular flexibility index (Phi) is 5.13. The number of carbonyl (C=O) groups excluding carboxylic acids is 1. The smallest absolute Gasteiger partial charge is 0.343 e. The predicted octanol–water partition coefficient (Wildman–Crippen LogP) is 4.92. The Morgan fingerprint density at radius 1 is 1.10 bits per heavy atom. The van der Waals surface area contributed by atoms with Crippen molar-refractivity contribution in [1.29, 1.82) is 5.26 Å². The quantitative estimate of drug-likeness (QED) is 0.480. The van der Waals surface area contributed by atoms with Gasteiger partial charge in [-0.15, -0.1) is 0 Å². The first-order chi connectivity index (χ1) is 14.5. The fraction of sp³-hybridized carbons (Fsp3) is 0.0435. The van der Waals surface area contributed by atoms with Gasteiger partial charge in [0.2, 0.25) is 5.88 Å². The molecule has 148 valence electrons. The molecule has 1 atom stereocenters. The van der Waals surface area contributed by atoms with Crippen LogP contribution in [0.5, 0.6) is 11.5 Å². The summed E-state index contributed by atoms with van der Waals surface area (Å²) in [5.41, 5.74) is 7.16. The molecule has 1 aliphatic rings. The van der Waals surface area contributed by atoms with E-state index in [0.29, 0.717) is 16.1 Å². The summed E-state index contributed by atoms with van der Waals surface area (Å²) < 4.78 is 25.5. The maximum atomic E-state index is 14.5. The van der Waals surface area contributed by atoms with Crippen LogP contribution in [0.2, 0.25) is 5.02 Å². The topological polar surface area (TPSA) is 85.3 Å². The second-order valence-electron chi connectivity index (χ2n) is 6.55. The van der Waals surface area contributed by atoms with Crippen LogP contribution in [0.15, 0.2) is 78.2 Å². The molecular weight excluding hydrogens is 407 g/mol. The van der Waals surface area contributed by atoms with Crippen LogP contribution >= 0.6 is 11.6 Å². The highest BCUT2D eigenvalue weighted by atomic mass is 35.5. The highest BCUT2D eigenvalue weighted by molar-refractivity contribution is 6.30. The molecule has 0 fully saturated rings. The summed E-state index contributed by atoms with van der Waals surface area (Å²) in [7, 11) is 0. The summed E-state index contributed by atoms with van der Waals surface area (Å²) in [5.74, 6) is -1.45. The summed E-state index contributed by atoms with van der Waals surface area (Å²) in [5, 5.41) is 9.97. The van der Waals surface area contributed by atoms with Crippen LogP contribution in [0, 0.1) is 17.1 Å². The fourth-order valence-electron chi connectivity index (χ4n) is 3.31.